The molecule has 2 rings (SSSR count). The molecule has 31 heavy (non-hydrogen) atoms. The molecule has 0 aliphatic rings. The van der Waals surface area contributed by atoms with Crippen molar-refractivity contribution in [3.05, 3.63) is 83.3 Å². The minimum absolute atomic E-state index is 0.200. The number of benzene rings is 2. The quantitative estimate of drug-likeness (QED) is 0.491. The van der Waals surface area contributed by atoms with Gasteiger partial charge in [0.1, 0.15) is 11.6 Å². The third-order valence-corrected chi connectivity index (χ3v) is 6.88. The van der Waals surface area contributed by atoms with Crippen LogP contribution in [-0.4, -0.2) is 43.9 Å². The van der Waals surface area contributed by atoms with Crippen LogP contribution in [0.4, 0.5) is 8.78 Å². The van der Waals surface area contributed by atoms with Gasteiger partial charge in [-0.15, -0.1) is 0 Å². The molecule has 0 atom stereocenters. The molecule has 0 unspecified atom stereocenters. The molecule has 2 aromatic carbocycles. The summed E-state index contributed by atoms with van der Waals surface area (Å²) in [6, 6.07) is 10.7. The van der Waals surface area contributed by atoms with Crippen molar-refractivity contribution in [3.63, 3.8) is 0 Å². The van der Waals surface area contributed by atoms with Crippen molar-refractivity contribution in [2.75, 3.05) is 18.6 Å². The molecule has 0 aliphatic carbocycles. The highest BCUT2D eigenvalue weighted by atomic mass is 32.2. The summed E-state index contributed by atoms with van der Waals surface area (Å²) in [5.74, 6) is -1.94. The molecule has 2 aromatic rings. The summed E-state index contributed by atoms with van der Waals surface area (Å²) in [5, 5.41) is 0.873. The van der Waals surface area contributed by atoms with Crippen LogP contribution in [0.25, 0.3) is 0 Å². The van der Waals surface area contributed by atoms with E-state index in [-0.39, 0.29) is 11.5 Å². The molecular weight excluding hydrogens is 474 g/mol. The highest BCUT2D eigenvalue weighted by Crippen LogP contribution is 2.10. The van der Waals surface area contributed by atoms with Crippen molar-refractivity contribution in [2.45, 2.75) is 11.5 Å². The fourth-order valence-electron chi connectivity index (χ4n) is 2.18. The molecule has 0 N–H and O–H groups in total. The minimum Gasteiger partial charge on any atom is -0.269 e. The molecule has 7 nitrogen and oxygen atoms in total. The van der Waals surface area contributed by atoms with Gasteiger partial charge >= 0.3 is 0 Å². The summed E-state index contributed by atoms with van der Waals surface area (Å²) in [7, 11) is -10.5. The van der Waals surface area contributed by atoms with Crippen molar-refractivity contribution in [1.82, 2.24) is 0 Å². The monoisotopic (exact) mass is 496 g/mol. The normalized spacial score (nSPS) is 12.0. The summed E-state index contributed by atoms with van der Waals surface area (Å²) in [6.07, 6.45) is 0.839. The van der Waals surface area contributed by atoms with E-state index >= 15 is 0 Å². The van der Waals surface area contributed by atoms with Crippen LogP contribution in [-0.2, 0) is 45.5 Å². The first kappa shape index (κ1) is 26.9. The lowest BCUT2D eigenvalue weighted by atomic mass is 10.2. The van der Waals surface area contributed by atoms with Crippen LogP contribution in [0.15, 0.2) is 60.5 Å². The third kappa shape index (κ3) is 12.3. The van der Waals surface area contributed by atoms with E-state index in [0.29, 0.717) is 11.1 Å². The number of hydrogen-bond acceptors (Lipinski definition) is 7. The maximum atomic E-state index is 12.9. The Hall–Kier alpha value is -2.15. The maximum Gasteiger partial charge on any atom is 0.264 e. The van der Waals surface area contributed by atoms with Gasteiger partial charge in [-0.25, -0.2) is 25.6 Å². The van der Waals surface area contributed by atoms with Gasteiger partial charge in [-0.1, -0.05) is 30.8 Å². The SMILES string of the molecule is C=CS(=O)(=O)Cc1cccc(F)c1.CS(=O)(=O)OCCS(=O)(=O)Cc1cccc(F)c1. The molecule has 0 aliphatic heterocycles. The Kier molecular flexibility index (Phi) is 9.94. The van der Waals surface area contributed by atoms with Gasteiger partial charge in [0.2, 0.25) is 0 Å². The molecule has 0 radical (unpaired) electrons. The van der Waals surface area contributed by atoms with E-state index in [1.165, 1.54) is 36.4 Å². The smallest absolute Gasteiger partial charge is 0.264 e. The Morgan fingerprint density at radius 3 is 1.77 bits per heavy atom. The van der Waals surface area contributed by atoms with Crippen molar-refractivity contribution in [3.8, 4) is 0 Å². The van der Waals surface area contributed by atoms with E-state index in [0.717, 1.165) is 17.7 Å². The van der Waals surface area contributed by atoms with Crippen LogP contribution in [0.3, 0.4) is 0 Å². The van der Waals surface area contributed by atoms with Gasteiger partial charge in [0.25, 0.3) is 10.1 Å². The average molecular weight is 497 g/mol. The van der Waals surface area contributed by atoms with Gasteiger partial charge in [-0.05, 0) is 35.4 Å². The van der Waals surface area contributed by atoms with E-state index in [4.69, 9.17) is 0 Å². The second-order valence-electron chi connectivity index (χ2n) is 6.35. The third-order valence-electron chi connectivity index (χ3n) is 3.48. The fourth-order valence-corrected chi connectivity index (χ4v) is 4.61. The fraction of sp³-hybridized carbons (Fsp3) is 0.263. The lowest BCUT2D eigenvalue weighted by molar-refractivity contribution is 0.343. The largest absolute Gasteiger partial charge is 0.269 e. The van der Waals surface area contributed by atoms with Gasteiger partial charge in [0.05, 0.1) is 30.1 Å². The summed E-state index contributed by atoms with van der Waals surface area (Å²) in [4.78, 5) is 0. The molecule has 0 spiro atoms. The summed E-state index contributed by atoms with van der Waals surface area (Å²) >= 11 is 0. The Labute approximate surface area is 181 Å². The molecule has 0 fully saturated rings. The van der Waals surface area contributed by atoms with E-state index < -0.39 is 53.8 Å². The van der Waals surface area contributed by atoms with Crippen LogP contribution in [0.2, 0.25) is 0 Å². The zero-order chi connectivity index (χ0) is 23.7. The highest BCUT2D eigenvalue weighted by molar-refractivity contribution is 7.93. The van der Waals surface area contributed by atoms with Crippen molar-refractivity contribution in [2.24, 2.45) is 0 Å². The lowest BCUT2D eigenvalue weighted by Crippen LogP contribution is -2.16. The van der Waals surface area contributed by atoms with Crippen LogP contribution in [0, 0.1) is 11.6 Å². The van der Waals surface area contributed by atoms with Crippen LogP contribution in [0.5, 0.6) is 0 Å². The lowest BCUT2D eigenvalue weighted by Gasteiger charge is -2.04. The molecule has 172 valence electrons. The molecule has 0 heterocycles. The molecule has 0 saturated carbocycles. The van der Waals surface area contributed by atoms with Crippen LogP contribution < -0.4 is 0 Å². The van der Waals surface area contributed by atoms with Crippen LogP contribution in [0.1, 0.15) is 11.1 Å². The minimum atomic E-state index is -3.65. The molecular formula is C19H22F2O7S3. The van der Waals surface area contributed by atoms with E-state index in [9.17, 15) is 34.0 Å². The first-order chi connectivity index (χ1) is 14.2. The van der Waals surface area contributed by atoms with Gasteiger partial charge in [0.15, 0.2) is 19.7 Å². The number of halogens is 2. The van der Waals surface area contributed by atoms with E-state index in [1.807, 2.05) is 0 Å². The maximum absolute atomic E-state index is 12.9. The topological polar surface area (TPSA) is 112 Å². The predicted molar refractivity (Wildman–Crippen MR) is 114 cm³/mol. The zero-order valence-corrected chi connectivity index (χ0v) is 19.0. The Morgan fingerprint density at radius 1 is 0.871 bits per heavy atom. The predicted octanol–water partition coefficient (Wildman–Crippen LogP) is 2.60. The number of rotatable bonds is 9. The van der Waals surface area contributed by atoms with Crippen molar-refractivity contribution < 1.29 is 38.2 Å². The van der Waals surface area contributed by atoms with Gasteiger partial charge in [-0.2, -0.15) is 8.42 Å². The molecule has 0 amide bonds. The average Bonchev–Trinajstić information content (AvgIpc) is 2.60. The Bertz CT molecular complexity index is 1210. The second-order valence-corrected chi connectivity index (χ2v) is 12.1. The number of sulfone groups is 2. The zero-order valence-electron chi connectivity index (χ0n) is 16.6. The summed E-state index contributed by atoms with van der Waals surface area (Å²) in [6.45, 7) is 2.74. The summed E-state index contributed by atoms with van der Waals surface area (Å²) < 4.78 is 96.4. The molecule has 0 bridgehead atoms. The van der Waals surface area contributed by atoms with E-state index in [2.05, 4.69) is 10.8 Å². The summed E-state index contributed by atoms with van der Waals surface area (Å²) in [5.41, 5.74) is 0.745. The van der Waals surface area contributed by atoms with Gasteiger partial charge in [-0.3, -0.25) is 4.18 Å². The van der Waals surface area contributed by atoms with Crippen molar-refractivity contribution >= 4 is 29.8 Å². The van der Waals surface area contributed by atoms with E-state index in [1.54, 1.807) is 6.07 Å². The second kappa shape index (κ2) is 11.5. The Balaban J connectivity index is 0.000000327. The number of hydrogen-bond donors (Lipinski definition) is 0. The van der Waals surface area contributed by atoms with Gasteiger partial charge in [0, 0.05) is 5.41 Å². The van der Waals surface area contributed by atoms with Gasteiger partial charge < -0.3 is 0 Å². The first-order valence-corrected chi connectivity index (χ1v) is 14.0. The first-order valence-electron chi connectivity index (χ1n) is 8.60. The van der Waals surface area contributed by atoms with Crippen LogP contribution >= 0.6 is 0 Å². The highest BCUT2D eigenvalue weighted by Gasteiger charge is 2.14. The van der Waals surface area contributed by atoms with Crippen molar-refractivity contribution in [1.29, 1.82) is 0 Å². The molecule has 0 saturated heterocycles. The standard InChI is InChI=1S/C10H13FO5S2.C9H9FO2S/c1-17(12,13)16-5-6-18(14,15)8-9-3-2-4-10(11)7-9;1-2-13(11,12)7-8-4-3-5-9(10)6-8/h2-4,7H,5-6,8H2,1H3;2-6H,1,7H2. The Morgan fingerprint density at radius 2 is 1.35 bits per heavy atom. The molecule has 12 heteroatoms. The molecule has 0 aromatic heterocycles.